The van der Waals surface area contributed by atoms with Gasteiger partial charge < -0.3 is 14.8 Å². The Bertz CT molecular complexity index is 1480. The molecule has 5 rings (SSSR count). The monoisotopic (exact) mass is 495 g/mol. The van der Waals surface area contributed by atoms with E-state index in [-0.39, 0.29) is 5.75 Å². The third-order valence-electron chi connectivity index (χ3n) is 6.18. The number of fused-ring (bicyclic) bond motifs is 3. The van der Waals surface area contributed by atoms with E-state index >= 15 is 0 Å². The Morgan fingerprint density at radius 3 is 2.39 bits per heavy atom. The number of aromatic hydroxyl groups is 1. The Balaban J connectivity index is 1.38. The third-order valence-corrected chi connectivity index (χ3v) is 7.33. The van der Waals surface area contributed by atoms with Crippen molar-refractivity contribution in [3.63, 3.8) is 0 Å². The molecule has 0 aliphatic heterocycles. The summed E-state index contributed by atoms with van der Waals surface area (Å²) in [6.07, 6.45) is 1.27. The van der Waals surface area contributed by atoms with Crippen molar-refractivity contribution < 1.29 is 10.2 Å². The van der Waals surface area contributed by atoms with Gasteiger partial charge in [0.05, 0.1) is 24.6 Å². The minimum absolute atomic E-state index is 0.238. The second-order valence-electron chi connectivity index (χ2n) is 8.66. The van der Waals surface area contributed by atoms with E-state index in [1.807, 2.05) is 53.7 Å². The topological polar surface area (TPSA) is 61.0 Å². The molecule has 0 saturated heterocycles. The molecule has 0 aliphatic carbocycles. The van der Waals surface area contributed by atoms with Crippen LogP contribution in [-0.4, -0.2) is 39.4 Å². The minimum atomic E-state index is -0.592. The van der Waals surface area contributed by atoms with Crippen LogP contribution in [-0.2, 0) is 6.54 Å². The predicted molar refractivity (Wildman–Crippen MR) is 151 cm³/mol. The van der Waals surface area contributed by atoms with E-state index in [9.17, 15) is 10.2 Å². The number of hydrogen-bond donors (Lipinski definition) is 2. The highest BCUT2D eigenvalue weighted by atomic mass is 32.2. The fourth-order valence-electron chi connectivity index (χ4n) is 4.44. The maximum absolute atomic E-state index is 10.8. The highest BCUT2D eigenvalue weighted by Crippen LogP contribution is 2.29. The first kappa shape index (κ1) is 24.0. The molecule has 0 fully saturated rings. The summed E-state index contributed by atoms with van der Waals surface area (Å²) in [5, 5.41) is 29.4. The molecule has 5 nitrogen and oxygen atoms in total. The molecule has 0 bridgehead atoms. The number of hydrazone groups is 1. The lowest BCUT2D eigenvalue weighted by Gasteiger charge is -2.22. The number of phenols is 1. The maximum atomic E-state index is 10.8. The van der Waals surface area contributed by atoms with Crippen LogP contribution in [0.15, 0.2) is 107 Å². The van der Waals surface area contributed by atoms with Crippen LogP contribution in [0.25, 0.3) is 21.8 Å². The highest BCUT2D eigenvalue weighted by molar-refractivity contribution is 7.99. The Hall–Kier alpha value is -3.74. The lowest BCUT2D eigenvalue weighted by atomic mass is 10.1. The van der Waals surface area contributed by atoms with Gasteiger partial charge in [-0.2, -0.15) is 5.10 Å². The number of aliphatic hydroxyl groups is 1. The van der Waals surface area contributed by atoms with Crippen LogP contribution in [0.3, 0.4) is 0 Å². The molecule has 182 valence electrons. The molecule has 1 heterocycles. The van der Waals surface area contributed by atoms with Crippen LogP contribution in [0.2, 0.25) is 0 Å². The first-order chi connectivity index (χ1) is 17.6. The van der Waals surface area contributed by atoms with Crippen LogP contribution in [0, 0.1) is 0 Å². The normalized spacial score (nSPS) is 12.5. The van der Waals surface area contributed by atoms with E-state index < -0.39 is 6.10 Å². The smallest absolute Gasteiger partial charge is 0.115 e. The molecule has 1 unspecified atom stereocenters. The first-order valence-electron chi connectivity index (χ1n) is 12.1. The van der Waals surface area contributed by atoms with Crippen molar-refractivity contribution in [2.75, 3.05) is 17.3 Å². The van der Waals surface area contributed by atoms with E-state index in [4.69, 9.17) is 5.10 Å². The standard InChI is InChI=1S/C30H29N3O2S/c1-2-32-29-11-7-6-10-27(29)28-18-22(12-17-30(28)32)19-31-33(23-8-4-3-5-9-23)20-25(35)21-36-26-15-13-24(34)14-16-26/h3-19,25,34-35H,2,20-21H2,1H3/b31-19+. The molecule has 5 aromatic rings. The first-order valence-corrected chi connectivity index (χ1v) is 13.1. The number of nitrogens with zero attached hydrogens (tertiary/aromatic N) is 3. The molecule has 2 N–H and O–H groups in total. The van der Waals surface area contributed by atoms with Gasteiger partial charge in [0.25, 0.3) is 0 Å². The molecular formula is C30H29N3O2S. The van der Waals surface area contributed by atoms with Crippen LogP contribution < -0.4 is 5.01 Å². The summed E-state index contributed by atoms with van der Waals surface area (Å²) in [7, 11) is 0. The summed E-state index contributed by atoms with van der Waals surface area (Å²) < 4.78 is 2.34. The van der Waals surface area contributed by atoms with Gasteiger partial charge >= 0.3 is 0 Å². The number of anilines is 1. The molecule has 0 saturated carbocycles. The molecule has 0 amide bonds. The number of phenolic OH excluding ortho intramolecular Hbond substituents is 1. The summed E-state index contributed by atoms with van der Waals surface area (Å²) in [5.41, 5.74) is 4.39. The van der Waals surface area contributed by atoms with Crippen molar-refractivity contribution in [3.8, 4) is 5.75 Å². The second-order valence-corrected chi connectivity index (χ2v) is 9.75. The minimum Gasteiger partial charge on any atom is -0.508 e. The van der Waals surface area contributed by atoms with Gasteiger partial charge in [-0.05, 0) is 67.1 Å². The molecule has 0 spiro atoms. The van der Waals surface area contributed by atoms with Gasteiger partial charge in [-0.15, -0.1) is 11.8 Å². The van der Waals surface area contributed by atoms with Crippen molar-refractivity contribution in [3.05, 3.63) is 103 Å². The largest absolute Gasteiger partial charge is 0.508 e. The van der Waals surface area contributed by atoms with E-state index in [2.05, 4.69) is 54.0 Å². The SMILES string of the molecule is CCn1c2ccccc2c2cc(/C=N/N(CC(O)CSc3ccc(O)cc3)c3ccccc3)ccc21. The maximum Gasteiger partial charge on any atom is 0.115 e. The van der Waals surface area contributed by atoms with Crippen LogP contribution >= 0.6 is 11.8 Å². The summed E-state index contributed by atoms with van der Waals surface area (Å²) in [5.74, 6) is 0.758. The summed E-state index contributed by atoms with van der Waals surface area (Å²) in [4.78, 5) is 1.00. The summed E-state index contributed by atoms with van der Waals surface area (Å²) in [6.45, 7) is 3.45. The average Bonchev–Trinajstić information content (AvgIpc) is 3.24. The number of hydrogen-bond acceptors (Lipinski definition) is 5. The van der Waals surface area contributed by atoms with E-state index in [0.29, 0.717) is 12.3 Å². The van der Waals surface area contributed by atoms with Crippen molar-refractivity contribution >= 4 is 45.5 Å². The summed E-state index contributed by atoms with van der Waals surface area (Å²) in [6, 6.07) is 31.9. The number of rotatable bonds is 9. The highest BCUT2D eigenvalue weighted by Gasteiger charge is 2.13. The quantitative estimate of drug-likeness (QED) is 0.139. The van der Waals surface area contributed by atoms with E-state index in [1.54, 1.807) is 23.9 Å². The zero-order chi connectivity index (χ0) is 24.9. The second kappa shape index (κ2) is 10.9. The third kappa shape index (κ3) is 5.25. The van der Waals surface area contributed by atoms with Crippen molar-refractivity contribution in [1.82, 2.24) is 4.57 Å². The molecule has 0 radical (unpaired) electrons. The van der Waals surface area contributed by atoms with Crippen molar-refractivity contribution in [2.24, 2.45) is 5.10 Å². The number of para-hydroxylation sites is 2. The van der Waals surface area contributed by atoms with Gasteiger partial charge in [0.2, 0.25) is 0 Å². The van der Waals surface area contributed by atoms with Crippen LogP contribution in [0.1, 0.15) is 12.5 Å². The summed E-state index contributed by atoms with van der Waals surface area (Å²) >= 11 is 1.55. The zero-order valence-corrected chi connectivity index (χ0v) is 21.0. The Morgan fingerprint density at radius 1 is 0.889 bits per heavy atom. The molecular weight excluding hydrogens is 466 g/mol. The predicted octanol–water partition coefficient (Wildman–Crippen LogP) is 6.51. The number of aryl methyl sites for hydroxylation is 1. The van der Waals surface area contributed by atoms with Gasteiger partial charge in [0.15, 0.2) is 0 Å². The van der Waals surface area contributed by atoms with Gasteiger partial charge in [-0.3, -0.25) is 5.01 Å². The zero-order valence-electron chi connectivity index (χ0n) is 20.2. The van der Waals surface area contributed by atoms with E-state index in [0.717, 1.165) is 22.7 Å². The molecule has 4 aromatic carbocycles. The lowest BCUT2D eigenvalue weighted by Crippen LogP contribution is -2.30. The van der Waals surface area contributed by atoms with Gasteiger partial charge in [-0.25, -0.2) is 0 Å². The van der Waals surface area contributed by atoms with Crippen molar-refractivity contribution in [2.45, 2.75) is 24.5 Å². The Labute approximate surface area is 215 Å². The van der Waals surface area contributed by atoms with Crippen molar-refractivity contribution in [1.29, 1.82) is 0 Å². The number of aliphatic hydroxyl groups excluding tert-OH is 1. The average molecular weight is 496 g/mol. The lowest BCUT2D eigenvalue weighted by molar-refractivity contribution is 0.205. The number of benzene rings is 4. The molecule has 0 aliphatic rings. The molecule has 1 aromatic heterocycles. The molecule has 36 heavy (non-hydrogen) atoms. The molecule has 1 atom stereocenters. The fourth-order valence-corrected chi connectivity index (χ4v) is 5.25. The Kier molecular flexibility index (Phi) is 7.26. The van der Waals surface area contributed by atoms with Gasteiger partial charge in [0.1, 0.15) is 5.75 Å². The molecule has 6 heteroatoms. The van der Waals surface area contributed by atoms with Crippen LogP contribution in [0.4, 0.5) is 5.69 Å². The van der Waals surface area contributed by atoms with Crippen LogP contribution in [0.5, 0.6) is 5.75 Å². The Morgan fingerprint density at radius 2 is 1.61 bits per heavy atom. The number of thioether (sulfide) groups is 1. The van der Waals surface area contributed by atoms with E-state index in [1.165, 1.54) is 21.8 Å². The number of aromatic nitrogens is 1. The fraction of sp³-hybridized carbons (Fsp3) is 0.167. The van der Waals surface area contributed by atoms with Gasteiger partial charge in [0, 0.05) is 39.0 Å². The van der Waals surface area contributed by atoms with Gasteiger partial charge in [-0.1, -0.05) is 42.5 Å².